The van der Waals surface area contributed by atoms with Crippen LogP contribution in [0.5, 0.6) is 0 Å². The number of allylic oxidation sites excluding steroid dienone is 4. The normalized spacial score (nSPS) is 19.5. The lowest BCUT2D eigenvalue weighted by Gasteiger charge is -2.43. The number of amidine groups is 1. The SMILES string of the molecule is CC1N=C(Cc2ccccc2C2=CC=C(OC(F)(F)F)CC2)N2CCN(C(C)C)C(=O)C2=C1OCc1ccccc1. The van der Waals surface area contributed by atoms with Crippen LogP contribution >= 0.6 is 0 Å². The number of ether oxygens (including phenoxy) is 2. The zero-order chi connectivity index (χ0) is 29.1. The number of piperazine rings is 1. The van der Waals surface area contributed by atoms with Gasteiger partial charge in [-0.05, 0) is 55.5 Å². The summed E-state index contributed by atoms with van der Waals surface area (Å²) in [5.41, 5.74) is 4.41. The van der Waals surface area contributed by atoms with Crippen LogP contribution in [0.15, 0.2) is 89.0 Å². The zero-order valence-electron chi connectivity index (χ0n) is 23.4. The number of halogens is 3. The molecule has 1 atom stereocenters. The highest BCUT2D eigenvalue weighted by Crippen LogP contribution is 2.35. The Kier molecular flexibility index (Phi) is 8.24. The summed E-state index contributed by atoms with van der Waals surface area (Å²) in [6, 6.07) is 17.4. The Labute approximate surface area is 238 Å². The fourth-order valence-electron chi connectivity index (χ4n) is 5.51. The number of rotatable bonds is 8. The monoisotopic (exact) mass is 565 g/mol. The van der Waals surface area contributed by atoms with Gasteiger partial charge in [0.25, 0.3) is 5.91 Å². The number of aliphatic imine (C=N–C) groups is 1. The molecule has 2 aromatic carbocycles. The molecule has 0 aromatic heterocycles. The van der Waals surface area contributed by atoms with E-state index in [1.165, 1.54) is 6.08 Å². The topological polar surface area (TPSA) is 54.4 Å². The number of carbonyl (C=O) groups is 1. The lowest BCUT2D eigenvalue weighted by molar-refractivity contribution is -0.306. The van der Waals surface area contributed by atoms with Crippen LogP contribution in [0.2, 0.25) is 0 Å². The Balaban J connectivity index is 1.43. The molecule has 1 unspecified atom stereocenters. The maximum atomic E-state index is 13.8. The minimum absolute atomic E-state index is 0.0448. The molecule has 216 valence electrons. The molecule has 0 N–H and O–H groups in total. The lowest BCUT2D eigenvalue weighted by atomic mass is 9.91. The zero-order valence-corrected chi connectivity index (χ0v) is 23.4. The Bertz CT molecular complexity index is 1410. The first kappa shape index (κ1) is 28.5. The highest BCUT2D eigenvalue weighted by molar-refractivity contribution is 6.02. The quantitative estimate of drug-likeness (QED) is 0.362. The molecule has 1 amide bonds. The largest absolute Gasteiger partial charge is 0.572 e. The van der Waals surface area contributed by atoms with E-state index in [4.69, 9.17) is 9.73 Å². The Morgan fingerprint density at radius 2 is 1.73 bits per heavy atom. The van der Waals surface area contributed by atoms with Crippen LogP contribution < -0.4 is 0 Å². The minimum atomic E-state index is -4.70. The number of fused-ring (bicyclic) bond motifs is 1. The molecule has 1 fully saturated rings. The van der Waals surface area contributed by atoms with Crippen molar-refractivity contribution in [1.82, 2.24) is 9.80 Å². The molecule has 0 bridgehead atoms. The fourth-order valence-corrected chi connectivity index (χ4v) is 5.51. The van der Waals surface area contributed by atoms with Crippen LogP contribution in [0.3, 0.4) is 0 Å². The van der Waals surface area contributed by atoms with Gasteiger partial charge >= 0.3 is 6.36 Å². The van der Waals surface area contributed by atoms with E-state index in [0.29, 0.717) is 44.0 Å². The standard InChI is InChI=1S/C32H34F3N3O3/c1-21(2)37-17-18-38-28(36-22(3)30(29(38)31(37)39)40-20-23-9-5-4-6-10-23)19-25-11-7-8-12-27(25)24-13-15-26(16-14-24)41-32(33,34)35/h4-13,15,21-22H,14,16-20H2,1-3H3. The predicted molar refractivity (Wildman–Crippen MR) is 151 cm³/mol. The second kappa shape index (κ2) is 11.8. The number of hydrogen-bond acceptors (Lipinski definition) is 5. The molecule has 9 heteroatoms. The molecule has 41 heavy (non-hydrogen) atoms. The van der Waals surface area contributed by atoms with Crippen molar-refractivity contribution in [2.24, 2.45) is 4.99 Å². The smallest absolute Gasteiger partial charge is 0.489 e. The van der Waals surface area contributed by atoms with Crippen molar-refractivity contribution in [3.8, 4) is 0 Å². The van der Waals surface area contributed by atoms with Crippen molar-refractivity contribution in [3.63, 3.8) is 0 Å². The molecular formula is C32H34F3N3O3. The molecule has 2 aliphatic heterocycles. The van der Waals surface area contributed by atoms with E-state index in [2.05, 4.69) is 4.74 Å². The van der Waals surface area contributed by atoms with E-state index in [1.807, 2.05) is 85.2 Å². The molecule has 6 nitrogen and oxygen atoms in total. The third-order valence-electron chi connectivity index (χ3n) is 7.50. The highest BCUT2D eigenvalue weighted by atomic mass is 19.4. The maximum absolute atomic E-state index is 13.8. The minimum Gasteiger partial charge on any atom is -0.489 e. The van der Waals surface area contributed by atoms with Gasteiger partial charge in [0.2, 0.25) is 0 Å². The number of nitrogens with zero attached hydrogens (tertiary/aromatic N) is 3. The molecule has 5 rings (SSSR count). The van der Waals surface area contributed by atoms with Crippen LogP contribution in [0.4, 0.5) is 13.2 Å². The second-order valence-corrected chi connectivity index (χ2v) is 10.7. The summed E-state index contributed by atoms with van der Waals surface area (Å²) in [6.07, 6.45) is -0.548. The van der Waals surface area contributed by atoms with Crippen molar-refractivity contribution in [3.05, 3.63) is 101 Å². The summed E-state index contributed by atoms with van der Waals surface area (Å²) in [6.45, 7) is 7.45. The summed E-state index contributed by atoms with van der Waals surface area (Å²) in [7, 11) is 0. The Morgan fingerprint density at radius 3 is 2.41 bits per heavy atom. The first-order valence-corrected chi connectivity index (χ1v) is 13.9. The molecule has 0 saturated carbocycles. The summed E-state index contributed by atoms with van der Waals surface area (Å²) < 4.78 is 48.4. The van der Waals surface area contributed by atoms with E-state index in [0.717, 1.165) is 28.1 Å². The highest BCUT2D eigenvalue weighted by Gasteiger charge is 2.40. The first-order chi connectivity index (χ1) is 19.6. The molecule has 1 aliphatic carbocycles. The number of alkyl halides is 3. The number of amides is 1. The number of benzene rings is 2. The van der Waals surface area contributed by atoms with Crippen molar-refractivity contribution in [2.75, 3.05) is 13.1 Å². The van der Waals surface area contributed by atoms with Crippen LogP contribution in [0, 0.1) is 0 Å². The summed E-state index contributed by atoms with van der Waals surface area (Å²) >= 11 is 0. The molecule has 0 radical (unpaired) electrons. The predicted octanol–water partition coefficient (Wildman–Crippen LogP) is 6.61. The average Bonchev–Trinajstić information content (AvgIpc) is 2.93. The van der Waals surface area contributed by atoms with Gasteiger partial charge in [0.05, 0.1) is 0 Å². The first-order valence-electron chi connectivity index (χ1n) is 13.9. The van der Waals surface area contributed by atoms with Crippen LogP contribution in [0.25, 0.3) is 5.57 Å². The van der Waals surface area contributed by atoms with Crippen LogP contribution in [-0.4, -0.2) is 53.1 Å². The number of carbonyl (C=O) groups excluding carboxylic acids is 1. The van der Waals surface area contributed by atoms with Gasteiger partial charge in [-0.25, -0.2) is 0 Å². The van der Waals surface area contributed by atoms with Crippen molar-refractivity contribution < 1.29 is 27.4 Å². The van der Waals surface area contributed by atoms with Gasteiger partial charge in [-0.15, -0.1) is 13.2 Å². The molecule has 2 heterocycles. The number of hydrogen-bond donors (Lipinski definition) is 0. The van der Waals surface area contributed by atoms with Crippen LogP contribution in [0.1, 0.15) is 50.3 Å². The van der Waals surface area contributed by atoms with Crippen molar-refractivity contribution in [1.29, 1.82) is 0 Å². The van der Waals surface area contributed by atoms with Gasteiger partial charge in [-0.1, -0.05) is 60.7 Å². The fraction of sp³-hybridized carbons (Fsp3) is 0.375. The van der Waals surface area contributed by atoms with Crippen molar-refractivity contribution in [2.45, 2.75) is 65.1 Å². The molecule has 2 aromatic rings. The van der Waals surface area contributed by atoms with E-state index >= 15 is 0 Å². The average molecular weight is 566 g/mol. The van der Waals surface area contributed by atoms with E-state index in [1.54, 1.807) is 6.08 Å². The van der Waals surface area contributed by atoms with Gasteiger partial charge in [0.1, 0.15) is 29.9 Å². The second-order valence-electron chi connectivity index (χ2n) is 10.7. The summed E-state index contributed by atoms with van der Waals surface area (Å²) in [5, 5.41) is 0. The Morgan fingerprint density at radius 1 is 1.00 bits per heavy atom. The molecular weight excluding hydrogens is 531 g/mol. The molecule has 1 saturated heterocycles. The van der Waals surface area contributed by atoms with E-state index in [9.17, 15) is 18.0 Å². The van der Waals surface area contributed by atoms with Gasteiger partial charge in [0, 0.05) is 32.0 Å². The van der Waals surface area contributed by atoms with E-state index in [-0.39, 0.29) is 30.2 Å². The Hall–Kier alpha value is -4.01. The van der Waals surface area contributed by atoms with Gasteiger partial charge < -0.3 is 19.3 Å². The lowest BCUT2D eigenvalue weighted by Crippen LogP contribution is -2.55. The molecule has 3 aliphatic rings. The van der Waals surface area contributed by atoms with E-state index < -0.39 is 6.36 Å². The van der Waals surface area contributed by atoms with Gasteiger partial charge in [0.15, 0.2) is 5.76 Å². The molecule has 0 spiro atoms. The van der Waals surface area contributed by atoms with Gasteiger partial charge in [-0.3, -0.25) is 9.79 Å². The maximum Gasteiger partial charge on any atom is 0.572 e. The van der Waals surface area contributed by atoms with Crippen molar-refractivity contribution >= 4 is 17.3 Å². The van der Waals surface area contributed by atoms with Crippen LogP contribution in [-0.2, 0) is 27.3 Å². The summed E-state index contributed by atoms with van der Waals surface area (Å²) in [4.78, 5) is 22.7. The van der Waals surface area contributed by atoms with Gasteiger partial charge in [-0.2, -0.15) is 0 Å². The third kappa shape index (κ3) is 6.50. The summed E-state index contributed by atoms with van der Waals surface area (Å²) in [5.74, 6) is 1.18. The third-order valence-corrected chi connectivity index (χ3v) is 7.50.